The first-order valence-corrected chi connectivity index (χ1v) is 5.62. The Morgan fingerprint density at radius 3 is 2.27 bits per heavy atom. The van der Waals surface area contributed by atoms with Gasteiger partial charge in [0.15, 0.2) is 0 Å². The molecule has 15 heavy (non-hydrogen) atoms. The molecule has 0 aromatic carbocycles. The van der Waals surface area contributed by atoms with Crippen LogP contribution in [0.25, 0.3) is 0 Å². The molecule has 0 aliphatic heterocycles. The number of alkyl halides is 3. The van der Waals surface area contributed by atoms with Crippen LogP contribution in [-0.4, -0.2) is 11.7 Å². The Morgan fingerprint density at radius 2 is 1.80 bits per heavy atom. The lowest BCUT2D eigenvalue weighted by molar-refractivity contribution is -0.189. The summed E-state index contributed by atoms with van der Waals surface area (Å²) in [6, 6.07) is 0. The SMILES string of the molecule is CC(C)[C@H]1CCC[C@@](N)(C(F)(F)F)CC1. The normalized spacial score (nSPS) is 34.2. The van der Waals surface area contributed by atoms with E-state index < -0.39 is 11.7 Å². The summed E-state index contributed by atoms with van der Waals surface area (Å²) >= 11 is 0. The molecule has 0 spiro atoms. The second kappa shape index (κ2) is 4.32. The molecule has 0 aromatic rings. The second-order valence-electron chi connectivity index (χ2n) is 5.09. The number of halogens is 3. The largest absolute Gasteiger partial charge is 0.406 e. The van der Waals surface area contributed by atoms with Crippen LogP contribution in [0.2, 0.25) is 0 Å². The summed E-state index contributed by atoms with van der Waals surface area (Å²) in [5, 5.41) is 0. The Kier molecular flexibility index (Phi) is 3.69. The van der Waals surface area contributed by atoms with Gasteiger partial charge < -0.3 is 5.73 Å². The molecule has 2 N–H and O–H groups in total. The van der Waals surface area contributed by atoms with E-state index in [-0.39, 0.29) is 12.8 Å². The van der Waals surface area contributed by atoms with Gasteiger partial charge in [0.05, 0.1) is 0 Å². The van der Waals surface area contributed by atoms with Gasteiger partial charge in [-0.1, -0.05) is 26.7 Å². The minimum atomic E-state index is -4.25. The van der Waals surface area contributed by atoms with E-state index in [1.165, 1.54) is 0 Å². The van der Waals surface area contributed by atoms with Crippen molar-refractivity contribution in [2.75, 3.05) is 0 Å². The zero-order chi connectivity index (χ0) is 11.7. The Bertz CT molecular complexity index is 212. The van der Waals surface area contributed by atoms with Crippen molar-refractivity contribution in [1.82, 2.24) is 0 Å². The van der Waals surface area contributed by atoms with Crippen molar-refractivity contribution in [2.45, 2.75) is 57.7 Å². The quantitative estimate of drug-likeness (QED) is 0.677. The average molecular weight is 223 g/mol. The van der Waals surface area contributed by atoms with E-state index >= 15 is 0 Å². The van der Waals surface area contributed by atoms with Gasteiger partial charge in [-0.25, -0.2) is 0 Å². The van der Waals surface area contributed by atoms with Crippen LogP contribution in [0, 0.1) is 11.8 Å². The fraction of sp³-hybridized carbons (Fsp3) is 1.00. The number of hydrogen-bond donors (Lipinski definition) is 1. The maximum Gasteiger partial charge on any atom is 0.406 e. The molecule has 0 saturated heterocycles. The van der Waals surface area contributed by atoms with Crippen LogP contribution in [0.15, 0.2) is 0 Å². The molecule has 1 fully saturated rings. The zero-order valence-corrected chi connectivity index (χ0v) is 9.40. The van der Waals surface area contributed by atoms with E-state index in [4.69, 9.17) is 5.73 Å². The molecule has 90 valence electrons. The minimum absolute atomic E-state index is 0.0827. The second-order valence-corrected chi connectivity index (χ2v) is 5.09. The molecular weight excluding hydrogens is 203 g/mol. The number of nitrogens with two attached hydrogens (primary N) is 1. The summed E-state index contributed by atoms with van der Waals surface area (Å²) in [4.78, 5) is 0. The third kappa shape index (κ3) is 2.86. The molecular formula is C11H20F3N. The average Bonchev–Trinajstić information content (AvgIpc) is 2.26. The highest BCUT2D eigenvalue weighted by Crippen LogP contribution is 2.41. The van der Waals surface area contributed by atoms with Crippen LogP contribution in [0.5, 0.6) is 0 Å². The third-order valence-corrected chi connectivity index (χ3v) is 3.67. The molecule has 1 saturated carbocycles. The monoisotopic (exact) mass is 223 g/mol. The van der Waals surface area contributed by atoms with Crippen LogP contribution in [0.4, 0.5) is 13.2 Å². The predicted octanol–water partition coefficient (Wildman–Crippen LogP) is 3.48. The van der Waals surface area contributed by atoms with Crippen LogP contribution in [0.1, 0.15) is 46.0 Å². The topological polar surface area (TPSA) is 26.0 Å². The first-order chi connectivity index (χ1) is 6.76. The zero-order valence-electron chi connectivity index (χ0n) is 9.40. The van der Waals surface area contributed by atoms with Gasteiger partial charge >= 0.3 is 6.18 Å². The fourth-order valence-corrected chi connectivity index (χ4v) is 2.34. The van der Waals surface area contributed by atoms with E-state index in [2.05, 4.69) is 13.8 Å². The summed E-state index contributed by atoms with van der Waals surface area (Å²) in [5.41, 5.74) is 3.54. The smallest absolute Gasteiger partial charge is 0.318 e. The molecule has 0 unspecified atom stereocenters. The van der Waals surface area contributed by atoms with E-state index in [0.29, 0.717) is 24.7 Å². The maximum absolute atomic E-state index is 12.7. The van der Waals surface area contributed by atoms with Gasteiger partial charge in [-0.05, 0) is 31.1 Å². The van der Waals surface area contributed by atoms with E-state index in [1.807, 2.05) is 0 Å². The molecule has 0 radical (unpaired) electrons. The van der Waals surface area contributed by atoms with Crippen molar-refractivity contribution in [3.63, 3.8) is 0 Å². The summed E-state index contributed by atoms with van der Waals surface area (Å²) in [6.45, 7) is 4.14. The maximum atomic E-state index is 12.7. The number of hydrogen-bond acceptors (Lipinski definition) is 1. The molecule has 1 aliphatic carbocycles. The van der Waals surface area contributed by atoms with Gasteiger partial charge in [0.25, 0.3) is 0 Å². The fourth-order valence-electron chi connectivity index (χ4n) is 2.34. The Labute approximate surface area is 89.2 Å². The third-order valence-electron chi connectivity index (χ3n) is 3.67. The highest BCUT2D eigenvalue weighted by molar-refractivity contribution is 4.94. The van der Waals surface area contributed by atoms with Gasteiger partial charge in [-0.15, -0.1) is 0 Å². The van der Waals surface area contributed by atoms with E-state index in [9.17, 15) is 13.2 Å². The van der Waals surface area contributed by atoms with Crippen LogP contribution < -0.4 is 5.73 Å². The standard InChI is InChI=1S/C11H20F3N/c1-8(2)9-4-3-6-10(15,7-5-9)11(12,13)14/h8-9H,3-7,15H2,1-2H3/t9-,10-/m0/s1. The summed E-state index contributed by atoms with van der Waals surface area (Å²) in [7, 11) is 0. The van der Waals surface area contributed by atoms with E-state index in [0.717, 1.165) is 6.42 Å². The van der Waals surface area contributed by atoms with Gasteiger partial charge in [0, 0.05) is 0 Å². The molecule has 1 rings (SSSR count). The van der Waals surface area contributed by atoms with Crippen LogP contribution >= 0.6 is 0 Å². The number of rotatable bonds is 1. The molecule has 2 atom stereocenters. The van der Waals surface area contributed by atoms with Gasteiger partial charge in [0.1, 0.15) is 5.54 Å². The van der Waals surface area contributed by atoms with Gasteiger partial charge in [0.2, 0.25) is 0 Å². The molecule has 4 heteroatoms. The van der Waals surface area contributed by atoms with Crippen molar-refractivity contribution in [3.8, 4) is 0 Å². The lowest BCUT2D eigenvalue weighted by Crippen LogP contribution is -2.53. The molecule has 0 bridgehead atoms. The molecule has 1 aliphatic rings. The minimum Gasteiger partial charge on any atom is -0.318 e. The summed E-state index contributed by atoms with van der Waals surface area (Å²) < 4.78 is 38.1. The highest BCUT2D eigenvalue weighted by atomic mass is 19.4. The summed E-state index contributed by atoms with van der Waals surface area (Å²) in [5.74, 6) is 0.860. The van der Waals surface area contributed by atoms with Crippen molar-refractivity contribution in [1.29, 1.82) is 0 Å². The first kappa shape index (κ1) is 12.8. The highest BCUT2D eigenvalue weighted by Gasteiger charge is 2.51. The van der Waals surface area contributed by atoms with E-state index in [1.54, 1.807) is 0 Å². The van der Waals surface area contributed by atoms with Gasteiger partial charge in [-0.3, -0.25) is 0 Å². The van der Waals surface area contributed by atoms with Crippen molar-refractivity contribution in [2.24, 2.45) is 17.6 Å². The molecule has 1 nitrogen and oxygen atoms in total. The predicted molar refractivity (Wildman–Crippen MR) is 54.4 cm³/mol. The molecule has 0 amide bonds. The Balaban J connectivity index is 2.67. The summed E-state index contributed by atoms with van der Waals surface area (Å²) in [6.07, 6.45) is -2.00. The Hall–Kier alpha value is -0.250. The lowest BCUT2D eigenvalue weighted by atomic mass is 9.87. The first-order valence-electron chi connectivity index (χ1n) is 5.62. The Morgan fingerprint density at radius 1 is 1.20 bits per heavy atom. The van der Waals surface area contributed by atoms with Gasteiger partial charge in [-0.2, -0.15) is 13.2 Å². The van der Waals surface area contributed by atoms with Crippen LogP contribution in [0.3, 0.4) is 0 Å². The lowest BCUT2D eigenvalue weighted by Gasteiger charge is -2.30. The molecule has 0 aromatic heterocycles. The van der Waals surface area contributed by atoms with Crippen LogP contribution in [-0.2, 0) is 0 Å². The van der Waals surface area contributed by atoms with Crippen molar-refractivity contribution in [3.05, 3.63) is 0 Å². The van der Waals surface area contributed by atoms with Crippen molar-refractivity contribution >= 4 is 0 Å². The molecule has 0 heterocycles. The van der Waals surface area contributed by atoms with Crippen molar-refractivity contribution < 1.29 is 13.2 Å².